The van der Waals surface area contributed by atoms with Crippen molar-refractivity contribution in [3.05, 3.63) is 11.6 Å². The summed E-state index contributed by atoms with van der Waals surface area (Å²) in [5, 5.41) is 32.1. The number of fused-ring (bicyclic) bond motifs is 5. The molecule has 3 heteroatoms. The second-order valence-corrected chi connectivity index (χ2v) is 9.62. The van der Waals surface area contributed by atoms with Crippen LogP contribution in [0.15, 0.2) is 11.6 Å². The summed E-state index contributed by atoms with van der Waals surface area (Å²) < 4.78 is 0. The lowest BCUT2D eigenvalue weighted by Crippen LogP contribution is -2.63. The van der Waals surface area contributed by atoms with Gasteiger partial charge in [-0.3, -0.25) is 0 Å². The first-order valence-corrected chi connectivity index (χ1v) is 10.0. The standard InChI is InChI=1S/C21H34O3/c1-4-12-5-6-14-17-15(8-10-20(12,14)2)21(3)9-7-13(22)11-16(21)18(23)19(17)24/h4,13-19,22-24H,5-11H2,1-3H3/b12-4-/t13-,14-,15-,16+,17-,18+,19+,20+,21+/m0/s1. The van der Waals surface area contributed by atoms with Crippen molar-refractivity contribution < 1.29 is 15.3 Å². The van der Waals surface area contributed by atoms with Gasteiger partial charge in [-0.05, 0) is 86.4 Å². The average Bonchev–Trinajstić information content (AvgIpc) is 2.90. The fourth-order valence-electron chi connectivity index (χ4n) is 7.56. The molecule has 0 aromatic carbocycles. The van der Waals surface area contributed by atoms with Crippen LogP contribution in [-0.4, -0.2) is 33.6 Å². The minimum Gasteiger partial charge on any atom is -0.393 e. The summed E-state index contributed by atoms with van der Waals surface area (Å²) in [6.07, 6.45) is 7.86. The molecule has 0 spiro atoms. The van der Waals surface area contributed by atoms with E-state index in [-0.39, 0.29) is 28.8 Å². The number of hydrogen-bond donors (Lipinski definition) is 3. The molecule has 0 saturated heterocycles. The Kier molecular flexibility index (Phi) is 3.95. The Hall–Kier alpha value is -0.380. The van der Waals surface area contributed by atoms with Gasteiger partial charge in [0.2, 0.25) is 0 Å². The van der Waals surface area contributed by atoms with Crippen molar-refractivity contribution in [2.45, 2.75) is 84.0 Å². The lowest BCUT2D eigenvalue weighted by Gasteiger charge is -2.63. The van der Waals surface area contributed by atoms with Gasteiger partial charge in [0.1, 0.15) is 0 Å². The number of aliphatic hydroxyl groups excluding tert-OH is 3. The molecule has 0 radical (unpaired) electrons. The third-order valence-electron chi connectivity index (χ3n) is 8.92. The number of allylic oxidation sites excluding steroid dienone is 2. The molecule has 0 amide bonds. The molecule has 24 heavy (non-hydrogen) atoms. The SMILES string of the molecule is C/C=C1/CC[C@H]2[C@@H]3[C@@H](O)[C@H](O)[C@H]4C[C@@H](O)CC[C@]4(C)[C@H]3CC[C@]12C. The molecular formula is C21H34O3. The van der Waals surface area contributed by atoms with Crippen LogP contribution in [-0.2, 0) is 0 Å². The summed E-state index contributed by atoms with van der Waals surface area (Å²) in [7, 11) is 0. The normalized spacial score (nSPS) is 58.9. The van der Waals surface area contributed by atoms with Crippen LogP contribution >= 0.6 is 0 Å². The van der Waals surface area contributed by atoms with Crippen molar-refractivity contribution in [3.8, 4) is 0 Å². The van der Waals surface area contributed by atoms with Crippen LogP contribution in [0.25, 0.3) is 0 Å². The average molecular weight is 335 g/mol. The molecule has 4 fully saturated rings. The van der Waals surface area contributed by atoms with E-state index in [1.54, 1.807) is 5.57 Å². The molecule has 4 saturated carbocycles. The van der Waals surface area contributed by atoms with Crippen LogP contribution in [0.3, 0.4) is 0 Å². The van der Waals surface area contributed by atoms with Gasteiger partial charge in [-0.15, -0.1) is 0 Å². The molecule has 0 aliphatic heterocycles. The smallest absolute Gasteiger partial charge is 0.0836 e. The summed E-state index contributed by atoms with van der Waals surface area (Å²) >= 11 is 0. The summed E-state index contributed by atoms with van der Waals surface area (Å²) in [6.45, 7) is 6.89. The Labute approximate surface area is 146 Å². The Morgan fingerprint density at radius 3 is 2.38 bits per heavy atom. The molecule has 9 atom stereocenters. The second kappa shape index (κ2) is 5.56. The van der Waals surface area contributed by atoms with E-state index < -0.39 is 12.2 Å². The van der Waals surface area contributed by atoms with Gasteiger partial charge in [-0.1, -0.05) is 25.5 Å². The van der Waals surface area contributed by atoms with Gasteiger partial charge in [0, 0.05) is 0 Å². The highest BCUT2D eigenvalue weighted by Gasteiger charge is 2.63. The summed E-state index contributed by atoms with van der Waals surface area (Å²) in [5.41, 5.74) is 1.86. The predicted molar refractivity (Wildman–Crippen MR) is 94.3 cm³/mol. The highest BCUT2D eigenvalue weighted by atomic mass is 16.3. The third kappa shape index (κ3) is 2.07. The third-order valence-corrected chi connectivity index (χ3v) is 8.92. The Morgan fingerprint density at radius 1 is 0.917 bits per heavy atom. The second-order valence-electron chi connectivity index (χ2n) is 9.62. The molecule has 0 bridgehead atoms. The van der Waals surface area contributed by atoms with Gasteiger partial charge < -0.3 is 15.3 Å². The molecular weight excluding hydrogens is 300 g/mol. The van der Waals surface area contributed by atoms with Crippen molar-refractivity contribution in [1.82, 2.24) is 0 Å². The van der Waals surface area contributed by atoms with Crippen molar-refractivity contribution >= 4 is 0 Å². The monoisotopic (exact) mass is 334 g/mol. The zero-order chi connectivity index (χ0) is 17.3. The van der Waals surface area contributed by atoms with Crippen molar-refractivity contribution in [2.75, 3.05) is 0 Å². The maximum atomic E-state index is 11.1. The highest BCUT2D eigenvalue weighted by molar-refractivity contribution is 5.25. The molecule has 136 valence electrons. The zero-order valence-corrected chi connectivity index (χ0v) is 15.4. The van der Waals surface area contributed by atoms with E-state index in [2.05, 4.69) is 26.8 Å². The maximum Gasteiger partial charge on any atom is 0.0836 e. The van der Waals surface area contributed by atoms with Gasteiger partial charge >= 0.3 is 0 Å². The summed E-state index contributed by atoms with van der Waals surface area (Å²) in [6, 6.07) is 0. The molecule has 4 aliphatic carbocycles. The van der Waals surface area contributed by atoms with Crippen LogP contribution in [0.1, 0.15) is 65.7 Å². The fourth-order valence-corrected chi connectivity index (χ4v) is 7.56. The Bertz CT molecular complexity index is 543. The molecule has 3 N–H and O–H groups in total. The lowest BCUT2D eigenvalue weighted by atomic mass is 9.43. The predicted octanol–water partition coefficient (Wildman–Crippen LogP) is 3.28. The molecule has 0 aromatic rings. The van der Waals surface area contributed by atoms with Crippen LogP contribution in [0, 0.1) is 34.5 Å². The topological polar surface area (TPSA) is 60.7 Å². The van der Waals surface area contributed by atoms with Crippen molar-refractivity contribution in [1.29, 1.82) is 0 Å². The van der Waals surface area contributed by atoms with Gasteiger partial charge in [0.05, 0.1) is 18.3 Å². The van der Waals surface area contributed by atoms with Gasteiger partial charge in [0.15, 0.2) is 0 Å². The quantitative estimate of drug-likeness (QED) is 0.596. The maximum absolute atomic E-state index is 11.1. The van der Waals surface area contributed by atoms with Crippen LogP contribution in [0.5, 0.6) is 0 Å². The molecule has 0 unspecified atom stereocenters. The number of hydrogen-bond acceptors (Lipinski definition) is 3. The first kappa shape index (κ1) is 17.1. The minimum atomic E-state index is -0.678. The van der Waals surface area contributed by atoms with E-state index in [4.69, 9.17) is 0 Å². The van der Waals surface area contributed by atoms with Gasteiger partial charge in [-0.25, -0.2) is 0 Å². The van der Waals surface area contributed by atoms with E-state index >= 15 is 0 Å². The summed E-state index contributed by atoms with van der Waals surface area (Å²) in [4.78, 5) is 0. The largest absolute Gasteiger partial charge is 0.393 e. The van der Waals surface area contributed by atoms with Crippen molar-refractivity contribution in [2.24, 2.45) is 34.5 Å². The molecule has 4 aliphatic rings. The highest BCUT2D eigenvalue weighted by Crippen LogP contribution is 2.67. The number of rotatable bonds is 0. The molecule has 4 rings (SSSR count). The van der Waals surface area contributed by atoms with Gasteiger partial charge in [0.25, 0.3) is 0 Å². The Morgan fingerprint density at radius 2 is 1.67 bits per heavy atom. The van der Waals surface area contributed by atoms with Crippen LogP contribution < -0.4 is 0 Å². The van der Waals surface area contributed by atoms with E-state index in [1.165, 1.54) is 6.42 Å². The van der Waals surface area contributed by atoms with E-state index in [0.29, 0.717) is 18.3 Å². The van der Waals surface area contributed by atoms with Crippen LogP contribution in [0.4, 0.5) is 0 Å². The van der Waals surface area contributed by atoms with Gasteiger partial charge in [-0.2, -0.15) is 0 Å². The minimum absolute atomic E-state index is 0.0458. The first-order chi connectivity index (χ1) is 11.3. The van der Waals surface area contributed by atoms with E-state index in [1.807, 2.05) is 0 Å². The fraction of sp³-hybridized carbons (Fsp3) is 0.905. The molecule has 3 nitrogen and oxygen atoms in total. The van der Waals surface area contributed by atoms with E-state index in [0.717, 1.165) is 32.1 Å². The Balaban J connectivity index is 1.73. The summed E-state index contributed by atoms with van der Waals surface area (Å²) in [5.74, 6) is 1.25. The van der Waals surface area contributed by atoms with Crippen molar-refractivity contribution in [3.63, 3.8) is 0 Å². The molecule has 0 heterocycles. The zero-order valence-electron chi connectivity index (χ0n) is 15.4. The molecule has 0 aromatic heterocycles. The first-order valence-electron chi connectivity index (χ1n) is 10.0. The number of aliphatic hydroxyl groups is 3. The van der Waals surface area contributed by atoms with Crippen LogP contribution in [0.2, 0.25) is 0 Å². The van der Waals surface area contributed by atoms with E-state index in [9.17, 15) is 15.3 Å². The lowest BCUT2D eigenvalue weighted by molar-refractivity contribution is -0.217.